The van der Waals surface area contributed by atoms with Gasteiger partial charge in [-0.2, -0.15) is 0 Å². The second kappa shape index (κ2) is 6.66. The Bertz CT molecular complexity index is 569. The number of hydrogen-bond donors (Lipinski definition) is 0. The second-order valence-corrected chi connectivity index (χ2v) is 8.10. The minimum atomic E-state index is -1.04. The van der Waals surface area contributed by atoms with E-state index in [1.807, 2.05) is 48.5 Å². The Morgan fingerprint density at radius 2 is 1.75 bits per heavy atom. The van der Waals surface area contributed by atoms with Crippen molar-refractivity contribution in [1.82, 2.24) is 0 Å². The maximum absolute atomic E-state index is 15.2. The highest BCUT2D eigenvalue weighted by Crippen LogP contribution is 2.40. The average Bonchev–Trinajstić information content (AvgIpc) is 3.00. The molecule has 1 fully saturated rings. The van der Waals surface area contributed by atoms with Crippen LogP contribution in [0.1, 0.15) is 60.6 Å². The molecule has 134 valence electrons. The van der Waals surface area contributed by atoms with Crippen LogP contribution in [0.4, 0.5) is 4.39 Å². The highest BCUT2D eigenvalue weighted by molar-refractivity contribution is 6.55. The van der Waals surface area contributed by atoms with E-state index in [1.54, 1.807) is 12.1 Å². The topological polar surface area (TPSA) is 40.8 Å². The fourth-order valence-corrected chi connectivity index (χ4v) is 2.36. The van der Waals surface area contributed by atoms with E-state index in [-0.39, 0.29) is 5.60 Å². The lowest BCUT2D eigenvalue weighted by atomic mass is 9.83. The fraction of sp³-hybridized carbons (Fsp3) is 0.667. The summed E-state index contributed by atoms with van der Waals surface area (Å²) < 4.78 is 37.9. The molecule has 0 atom stereocenters. The summed E-state index contributed by atoms with van der Waals surface area (Å²) in [6.45, 7) is 13.9. The molecule has 0 amide bonds. The highest BCUT2D eigenvalue weighted by atomic mass is 19.1. The predicted molar refractivity (Wildman–Crippen MR) is 93.1 cm³/mol. The quantitative estimate of drug-likeness (QED) is 0.724. The van der Waals surface area contributed by atoms with Crippen LogP contribution in [0.25, 0.3) is 5.57 Å². The van der Waals surface area contributed by atoms with Gasteiger partial charge in [-0.15, -0.1) is 0 Å². The van der Waals surface area contributed by atoms with E-state index < -0.39 is 24.0 Å². The monoisotopic (exact) mass is 338 g/mol. The molecule has 1 aromatic heterocycles. The molecule has 2 heterocycles. The lowest BCUT2D eigenvalue weighted by molar-refractivity contribution is 0.000458. The van der Waals surface area contributed by atoms with Crippen LogP contribution in [0, 0.1) is 0 Å². The van der Waals surface area contributed by atoms with Gasteiger partial charge in [0, 0.05) is 12.0 Å². The average molecular weight is 338 g/mol. The molecule has 0 N–H and O–H groups in total. The van der Waals surface area contributed by atoms with Gasteiger partial charge < -0.3 is 18.5 Å². The second-order valence-electron chi connectivity index (χ2n) is 8.10. The Labute approximate surface area is 144 Å². The Hall–Kier alpha value is -1.11. The van der Waals surface area contributed by atoms with Crippen molar-refractivity contribution in [3.05, 3.63) is 29.9 Å². The van der Waals surface area contributed by atoms with Crippen molar-refractivity contribution >= 4 is 12.7 Å². The van der Waals surface area contributed by atoms with Gasteiger partial charge >= 0.3 is 7.12 Å². The van der Waals surface area contributed by atoms with E-state index in [0.29, 0.717) is 24.4 Å². The van der Waals surface area contributed by atoms with Crippen molar-refractivity contribution < 1.29 is 22.9 Å². The van der Waals surface area contributed by atoms with Gasteiger partial charge in [0.2, 0.25) is 0 Å². The zero-order valence-electron chi connectivity index (χ0n) is 15.7. The zero-order chi connectivity index (χ0) is 18.2. The fourth-order valence-electron chi connectivity index (χ4n) is 2.36. The van der Waals surface area contributed by atoms with Crippen molar-refractivity contribution in [3.63, 3.8) is 0 Å². The minimum absolute atomic E-state index is 0.283. The van der Waals surface area contributed by atoms with Crippen molar-refractivity contribution in [2.45, 2.75) is 71.7 Å². The molecule has 0 aliphatic carbocycles. The van der Waals surface area contributed by atoms with Crippen LogP contribution < -0.4 is 0 Å². The molecule has 1 saturated heterocycles. The number of furan rings is 1. The molecule has 1 aliphatic heterocycles. The first-order valence-electron chi connectivity index (χ1n) is 8.35. The Morgan fingerprint density at radius 1 is 1.17 bits per heavy atom. The van der Waals surface area contributed by atoms with Gasteiger partial charge in [0.15, 0.2) is 0 Å². The van der Waals surface area contributed by atoms with Gasteiger partial charge in [-0.3, -0.25) is 0 Å². The number of rotatable bonds is 5. The van der Waals surface area contributed by atoms with Crippen molar-refractivity contribution in [2.24, 2.45) is 0 Å². The molecular formula is C18H28BFO4. The Morgan fingerprint density at radius 3 is 2.21 bits per heavy atom. The summed E-state index contributed by atoms with van der Waals surface area (Å²) in [5.41, 5.74) is -1.50. The van der Waals surface area contributed by atoms with Gasteiger partial charge in [-0.25, -0.2) is 4.39 Å². The summed E-state index contributed by atoms with van der Waals surface area (Å²) >= 11 is 0. The Balaban J connectivity index is 2.24. The van der Waals surface area contributed by atoms with Crippen molar-refractivity contribution in [1.29, 1.82) is 0 Å². The molecule has 0 spiro atoms. The zero-order valence-corrected chi connectivity index (χ0v) is 15.7. The first-order chi connectivity index (χ1) is 10.9. The van der Waals surface area contributed by atoms with Crippen LogP contribution in [0.15, 0.2) is 28.5 Å². The molecule has 0 radical (unpaired) electrons. The van der Waals surface area contributed by atoms with E-state index in [1.165, 1.54) is 6.26 Å². The molecule has 0 aromatic carbocycles. The molecule has 4 nitrogen and oxygen atoms in total. The molecular weight excluding hydrogens is 310 g/mol. The molecule has 2 rings (SSSR count). The van der Waals surface area contributed by atoms with Crippen molar-refractivity contribution in [2.75, 3.05) is 6.61 Å². The molecule has 1 aliphatic rings. The molecule has 0 saturated carbocycles. The lowest BCUT2D eigenvalue weighted by Gasteiger charge is -2.32. The van der Waals surface area contributed by atoms with E-state index in [0.717, 1.165) is 0 Å². The van der Waals surface area contributed by atoms with Gasteiger partial charge in [0.1, 0.15) is 11.5 Å². The van der Waals surface area contributed by atoms with E-state index in [4.69, 9.17) is 18.5 Å². The minimum Gasteiger partial charge on any atom is -0.465 e. The summed E-state index contributed by atoms with van der Waals surface area (Å²) in [6, 6.07) is 3.47. The lowest BCUT2D eigenvalue weighted by Crippen LogP contribution is -2.41. The predicted octanol–water partition coefficient (Wildman–Crippen LogP) is 4.80. The first kappa shape index (κ1) is 19.2. The largest absolute Gasteiger partial charge is 0.525 e. The van der Waals surface area contributed by atoms with Crippen LogP contribution in [0.5, 0.6) is 0 Å². The SMILES string of the molecule is CC(C)(C)OCCC(=C(F)B1OC(C)(C)C(C)(C)O1)c1ccco1. The molecule has 0 unspecified atom stereocenters. The van der Waals surface area contributed by atoms with Crippen LogP contribution in [0.3, 0.4) is 0 Å². The maximum Gasteiger partial charge on any atom is 0.525 e. The van der Waals surface area contributed by atoms with Crippen molar-refractivity contribution in [3.8, 4) is 0 Å². The van der Waals surface area contributed by atoms with Crippen LogP contribution >= 0.6 is 0 Å². The van der Waals surface area contributed by atoms with Gasteiger partial charge in [-0.1, -0.05) is 0 Å². The van der Waals surface area contributed by atoms with E-state index in [9.17, 15) is 0 Å². The van der Waals surface area contributed by atoms with Gasteiger partial charge in [0.05, 0.1) is 29.7 Å². The molecule has 1 aromatic rings. The third-order valence-corrected chi connectivity index (χ3v) is 4.45. The molecule has 0 bridgehead atoms. The van der Waals surface area contributed by atoms with E-state index in [2.05, 4.69) is 0 Å². The maximum atomic E-state index is 15.2. The smallest absolute Gasteiger partial charge is 0.465 e. The summed E-state index contributed by atoms with van der Waals surface area (Å²) in [4.78, 5) is 0. The Kier molecular flexibility index (Phi) is 5.33. The molecule has 6 heteroatoms. The van der Waals surface area contributed by atoms with Crippen LogP contribution in [0.2, 0.25) is 0 Å². The summed E-state index contributed by atoms with van der Waals surface area (Å²) in [6.07, 6.45) is 1.90. The third kappa shape index (κ3) is 4.29. The number of hydrogen-bond acceptors (Lipinski definition) is 4. The first-order valence-corrected chi connectivity index (χ1v) is 8.35. The van der Waals surface area contributed by atoms with Crippen LogP contribution in [-0.4, -0.2) is 30.5 Å². The number of ether oxygens (including phenoxy) is 1. The summed E-state index contributed by atoms with van der Waals surface area (Å²) in [5.74, 6) is 0.472. The highest BCUT2D eigenvalue weighted by Gasteiger charge is 2.53. The summed E-state index contributed by atoms with van der Waals surface area (Å²) in [7, 11) is -1.04. The number of halogens is 1. The third-order valence-electron chi connectivity index (χ3n) is 4.45. The van der Waals surface area contributed by atoms with Crippen LogP contribution in [-0.2, 0) is 14.0 Å². The normalized spacial score (nSPS) is 21.1. The summed E-state index contributed by atoms with van der Waals surface area (Å²) in [5, 5.41) is 0. The van der Waals surface area contributed by atoms with Gasteiger partial charge in [0.25, 0.3) is 0 Å². The molecule has 24 heavy (non-hydrogen) atoms. The van der Waals surface area contributed by atoms with Gasteiger partial charge in [-0.05, 0) is 60.6 Å². The standard InChI is InChI=1S/C18H28BFO4/c1-16(2,3)22-12-10-13(14-9-8-11-21-14)15(20)19-23-17(4,5)18(6,7)24-19/h8-9,11H,10,12H2,1-7H3. The van der Waals surface area contributed by atoms with E-state index >= 15 is 4.39 Å².